The number of benzene rings is 2. The van der Waals surface area contributed by atoms with E-state index in [-0.39, 0.29) is 5.95 Å². The van der Waals surface area contributed by atoms with Crippen molar-refractivity contribution in [1.29, 1.82) is 0 Å². The van der Waals surface area contributed by atoms with E-state index in [1.807, 2.05) is 67.6 Å². The van der Waals surface area contributed by atoms with Crippen molar-refractivity contribution in [3.63, 3.8) is 0 Å². The van der Waals surface area contributed by atoms with Crippen LogP contribution in [0.2, 0.25) is 0 Å². The van der Waals surface area contributed by atoms with Gasteiger partial charge in [-0.05, 0) is 42.7 Å². The summed E-state index contributed by atoms with van der Waals surface area (Å²) in [6.45, 7) is 2.02. The lowest BCUT2D eigenvalue weighted by Gasteiger charge is -2.32. The van der Waals surface area contributed by atoms with Crippen molar-refractivity contribution in [3.8, 4) is 11.5 Å². The minimum atomic E-state index is -0.734. The molecule has 4 N–H and O–H groups in total. The Morgan fingerprint density at radius 1 is 1.08 bits per heavy atom. The van der Waals surface area contributed by atoms with E-state index in [0.717, 1.165) is 33.9 Å². The Balaban J connectivity index is 1.66. The molecule has 130 valence electrons. The van der Waals surface area contributed by atoms with E-state index in [1.165, 1.54) is 0 Å². The maximum Gasteiger partial charge on any atom is 0.220 e. The first-order chi connectivity index (χ1) is 12.6. The molecular weight excluding hydrogens is 324 g/mol. The highest BCUT2D eigenvalue weighted by Gasteiger charge is 2.34. The molecule has 0 spiro atoms. The number of rotatable bonds is 3. The number of anilines is 1. The molecule has 5 heteroatoms. The number of nitrogens with zero attached hydrogens (tertiary/aromatic N) is 2. The molecule has 2 aromatic carbocycles. The number of fused-ring (bicyclic) bond motifs is 1. The van der Waals surface area contributed by atoms with E-state index in [0.29, 0.717) is 6.42 Å². The van der Waals surface area contributed by atoms with Crippen molar-refractivity contribution in [2.24, 2.45) is 5.73 Å². The van der Waals surface area contributed by atoms with Crippen LogP contribution in [0.3, 0.4) is 0 Å². The summed E-state index contributed by atoms with van der Waals surface area (Å²) in [7, 11) is 0. The molecule has 26 heavy (non-hydrogen) atoms. The highest BCUT2D eigenvalue weighted by molar-refractivity contribution is 5.60. The van der Waals surface area contributed by atoms with Gasteiger partial charge in [0.15, 0.2) is 0 Å². The van der Waals surface area contributed by atoms with Gasteiger partial charge >= 0.3 is 0 Å². The van der Waals surface area contributed by atoms with Gasteiger partial charge in [0.25, 0.3) is 0 Å². The van der Waals surface area contributed by atoms with E-state index in [2.05, 4.69) is 9.97 Å². The first-order valence-corrected chi connectivity index (χ1v) is 8.49. The maximum absolute atomic E-state index is 6.75. The zero-order chi connectivity index (χ0) is 18.1. The number of ether oxygens (including phenoxy) is 1. The van der Waals surface area contributed by atoms with E-state index < -0.39 is 5.54 Å². The molecule has 1 atom stereocenters. The van der Waals surface area contributed by atoms with Gasteiger partial charge in [-0.1, -0.05) is 42.5 Å². The molecule has 1 unspecified atom stereocenters. The second-order valence-corrected chi connectivity index (χ2v) is 6.50. The zero-order valence-corrected chi connectivity index (χ0v) is 14.5. The number of aromatic nitrogens is 2. The average molecular weight is 344 g/mol. The van der Waals surface area contributed by atoms with Crippen LogP contribution in [0.5, 0.6) is 11.5 Å². The summed E-state index contributed by atoms with van der Waals surface area (Å²) in [6.07, 6.45) is 6.38. The van der Waals surface area contributed by atoms with E-state index in [9.17, 15) is 0 Å². The lowest BCUT2D eigenvalue weighted by molar-refractivity contribution is 0.476. The van der Waals surface area contributed by atoms with Crippen molar-refractivity contribution < 1.29 is 4.74 Å². The normalized spacial score (nSPS) is 18.4. The Labute approximate surface area is 152 Å². The van der Waals surface area contributed by atoms with Crippen LogP contribution in [0.25, 0.3) is 6.08 Å². The third-order valence-electron chi connectivity index (χ3n) is 4.69. The van der Waals surface area contributed by atoms with Gasteiger partial charge in [0.05, 0.1) is 11.2 Å². The third-order valence-corrected chi connectivity index (χ3v) is 4.69. The summed E-state index contributed by atoms with van der Waals surface area (Å²) >= 11 is 0. The maximum atomic E-state index is 6.75. The first kappa shape index (κ1) is 16.3. The van der Waals surface area contributed by atoms with Gasteiger partial charge in [-0.15, -0.1) is 0 Å². The van der Waals surface area contributed by atoms with Crippen molar-refractivity contribution in [3.05, 3.63) is 83.2 Å². The van der Waals surface area contributed by atoms with Gasteiger partial charge in [0.2, 0.25) is 5.95 Å². The molecule has 0 saturated heterocycles. The highest BCUT2D eigenvalue weighted by Crippen LogP contribution is 2.37. The Bertz CT molecular complexity index is 982. The van der Waals surface area contributed by atoms with Crippen LogP contribution >= 0.6 is 0 Å². The smallest absolute Gasteiger partial charge is 0.220 e. The SMILES string of the molecule is Cc1ccccc1Oc1ccc(C2(N)CC=Cc3cnc(N)nc32)cc1. The van der Waals surface area contributed by atoms with Gasteiger partial charge in [-0.2, -0.15) is 0 Å². The fraction of sp³-hybridized carbons (Fsp3) is 0.143. The van der Waals surface area contributed by atoms with Crippen LogP contribution in [0.4, 0.5) is 5.95 Å². The monoisotopic (exact) mass is 344 g/mol. The predicted molar refractivity (Wildman–Crippen MR) is 103 cm³/mol. The molecule has 0 radical (unpaired) electrons. The van der Waals surface area contributed by atoms with Gasteiger partial charge in [0, 0.05) is 11.8 Å². The molecule has 0 aliphatic heterocycles. The van der Waals surface area contributed by atoms with Crippen molar-refractivity contribution >= 4 is 12.0 Å². The van der Waals surface area contributed by atoms with Crippen LogP contribution in [0.1, 0.15) is 28.8 Å². The largest absolute Gasteiger partial charge is 0.457 e. The lowest BCUT2D eigenvalue weighted by atomic mass is 9.79. The van der Waals surface area contributed by atoms with E-state index >= 15 is 0 Å². The first-order valence-electron chi connectivity index (χ1n) is 8.49. The fourth-order valence-electron chi connectivity index (χ4n) is 3.23. The minimum Gasteiger partial charge on any atom is -0.457 e. The van der Waals surface area contributed by atoms with Crippen LogP contribution in [-0.4, -0.2) is 9.97 Å². The van der Waals surface area contributed by atoms with E-state index in [1.54, 1.807) is 6.20 Å². The molecule has 1 aliphatic carbocycles. The Morgan fingerprint density at radius 3 is 2.62 bits per heavy atom. The Kier molecular flexibility index (Phi) is 3.93. The third kappa shape index (κ3) is 2.82. The lowest BCUT2D eigenvalue weighted by Crippen LogP contribution is -2.40. The quantitative estimate of drug-likeness (QED) is 0.755. The predicted octanol–water partition coefficient (Wildman–Crippen LogP) is 3.78. The van der Waals surface area contributed by atoms with Gasteiger partial charge in [-0.3, -0.25) is 0 Å². The number of hydrogen-bond acceptors (Lipinski definition) is 5. The molecule has 4 rings (SSSR count). The highest BCUT2D eigenvalue weighted by atomic mass is 16.5. The standard InChI is InChI=1S/C21H20N4O/c1-14-5-2-3-7-18(14)26-17-10-8-16(9-11-17)21(23)12-4-6-15-13-24-20(22)25-19(15)21/h2-11,13H,12,23H2,1H3,(H2,22,24,25). The molecule has 0 bridgehead atoms. The minimum absolute atomic E-state index is 0.230. The molecule has 1 heterocycles. The second-order valence-electron chi connectivity index (χ2n) is 6.50. The van der Waals surface area contributed by atoms with Crippen LogP contribution in [-0.2, 0) is 5.54 Å². The summed E-state index contributed by atoms with van der Waals surface area (Å²) in [4.78, 5) is 8.46. The topological polar surface area (TPSA) is 87.0 Å². The van der Waals surface area contributed by atoms with Crippen molar-refractivity contribution in [1.82, 2.24) is 9.97 Å². The van der Waals surface area contributed by atoms with Crippen molar-refractivity contribution in [2.45, 2.75) is 18.9 Å². The molecule has 5 nitrogen and oxygen atoms in total. The summed E-state index contributed by atoms with van der Waals surface area (Å²) in [5.74, 6) is 1.84. The molecule has 1 aliphatic rings. The fourth-order valence-corrected chi connectivity index (χ4v) is 3.23. The molecule has 0 fully saturated rings. The van der Waals surface area contributed by atoms with Crippen LogP contribution in [0.15, 0.2) is 60.8 Å². The number of nitrogens with two attached hydrogens (primary N) is 2. The zero-order valence-electron chi connectivity index (χ0n) is 14.5. The summed E-state index contributed by atoms with van der Waals surface area (Å²) in [6, 6.07) is 15.7. The van der Waals surface area contributed by atoms with Gasteiger partial charge in [0.1, 0.15) is 11.5 Å². The summed E-state index contributed by atoms with van der Waals surface area (Å²) < 4.78 is 5.97. The van der Waals surface area contributed by atoms with Crippen molar-refractivity contribution in [2.75, 3.05) is 5.73 Å². The summed E-state index contributed by atoms with van der Waals surface area (Å²) in [5, 5.41) is 0. The van der Waals surface area contributed by atoms with Crippen LogP contribution < -0.4 is 16.2 Å². The van der Waals surface area contributed by atoms with Crippen LogP contribution in [0, 0.1) is 6.92 Å². The summed E-state index contributed by atoms with van der Waals surface area (Å²) in [5.41, 5.74) is 15.5. The average Bonchev–Trinajstić information content (AvgIpc) is 2.65. The van der Waals surface area contributed by atoms with Gasteiger partial charge in [-0.25, -0.2) is 9.97 Å². The number of hydrogen-bond donors (Lipinski definition) is 2. The number of nitrogen functional groups attached to an aromatic ring is 1. The number of aryl methyl sites for hydroxylation is 1. The molecule has 1 aromatic heterocycles. The number of para-hydroxylation sites is 1. The molecular formula is C21H20N4O. The Morgan fingerprint density at radius 2 is 1.85 bits per heavy atom. The Hall–Kier alpha value is -3.18. The van der Waals surface area contributed by atoms with Gasteiger partial charge < -0.3 is 16.2 Å². The van der Waals surface area contributed by atoms with E-state index in [4.69, 9.17) is 16.2 Å². The molecule has 0 amide bonds. The molecule has 3 aromatic rings. The molecule has 0 saturated carbocycles. The second kappa shape index (κ2) is 6.28.